The van der Waals surface area contributed by atoms with E-state index >= 15 is 0 Å². The first-order valence-corrected chi connectivity index (χ1v) is 11.0. The smallest absolute Gasteiger partial charge is 0.338 e. The maximum Gasteiger partial charge on any atom is 0.338 e. The molecule has 0 radical (unpaired) electrons. The summed E-state index contributed by atoms with van der Waals surface area (Å²) in [5.41, 5.74) is 4.17. The molecule has 1 aliphatic heterocycles. The number of para-hydroxylation sites is 1. The van der Waals surface area contributed by atoms with Crippen LogP contribution in [0.2, 0.25) is 0 Å². The van der Waals surface area contributed by atoms with E-state index in [1.165, 1.54) is 18.2 Å². The minimum Gasteiger partial charge on any atom is -0.462 e. The Labute approximate surface area is 193 Å². The summed E-state index contributed by atoms with van der Waals surface area (Å²) < 4.78 is 18.7. The highest BCUT2D eigenvalue weighted by atomic mass is 19.1. The highest BCUT2D eigenvalue weighted by molar-refractivity contribution is 6.04. The first-order valence-electron chi connectivity index (χ1n) is 11.0. The molecule has 33 heavy (non-hydrogen) atoms. The molecular weight excluding hydrogens is 419 g/mol. The van der Waals surface area contributed by atoms with Gasteiger partial charge in [-0.3, -0.25) is 4.79 Å². The van der Waals surface area contributed by atoms with Gasteiger partial charge in [-0.1, -0.05) is 38.1 Å². The number of esters is 1. The fourth-order valence-corrected chi connectivity index (χ4v) is 4.36. The van der Waals surface area contributed by atoms with Gasteiger partial charge in [0.05, 0.1) is 18.2 Å². The summed E-state index contributed by atoms with van der Waals surface area (Å²) in [6.07, 6.45) is 0.749. The van der Waals surface area contributed by atoms with Crippen LogP contribution in [0.3, 0.4) is 0 Å². The van der Waals surface area contributed by atoms with E-state index in [2.05, 4.69) is 24.5 Å². The van der Waals surface area contributed by atoms with Crippen molar-refractivity contribution in [3.63, 3.8) is 0 Å². The number of hydrogen-bond donors (Lipinski definition) is 2. The van der Waals surface area contributed by atoms with Crippen LogP contribution >= 0.6 is 0 Å². The van der Waals surface area contributed by atoms with Crippen LogP contribution in [0, 0.1) is 5.82 Å². The van der Waals surface area contributed by atoms with Gasteiger partial charge >= 0.3 is 5.97 Å². The van der Waals surface area contributed by atoms with Crippen molar-refractivity contribution >= 4 is 23.3 Å². The van der Waals surface area contributed by atoms with E-state index in [4.69, 9.17) is 4.74 Å². The number of carbonyl (C=O) groups is 2. The summed E-state index contributed by atoms with van der Waals surface area (Å²) in [5, 5.41) is 6.50. The van der Waals surface area contributed by atoms with Crippen LogP contribution in [0.25, 0.3) is 0 Å². The molecule has 3 aromatic rings. The number of halogens is 1. The zero-order chi connectivity index (χ0) is 23.6. The second kappa shape index (κ2) is 9.06. The molecule has 0 fully saturated rings. The zero-order valence-corrected chi connectivity index (χ0v) is 18.9. The highest BCUT2D eigenvalue weighted by Gasteiger charge is 2.35. The molecular formula is C27H27FN2O3. The standard InChI is InChI=1S/C27H27FN2O3/c1-4-33-26(32)18-12-13-23-21(15-18)27(2,3)16-24(29-23)20-10-5-6-11-22(20)30-25(31)17-8-7-9-19(28)14-17/h5-15,24,29H,4,16H2,1-3H3,(H,30,31). The summed E-state index contributed by atoms with van der Waals surface area (Å²) >= 11 is 0. The summed E-state index contributed by atoms with van der Waals surface area (Å²) in [7, 11) is 0. The third kappa shape index (κ3) is 4.75. The van der Waals surface area contributed by atoms with Crippen LogP contribution < -0.4 is 10.6 Å². The Morgan fingerprint density at radius 1 is 1.06 bits per heavy atom. The van der Waals surface area contributed by atoms with Crippen LogP contribution in [-0.2, 0) is 10.2 Å². The monoisotopic (exact) mass is 446 g/mol. The van der Waals surface area contributed by atoms with E-state index < -0.39 is 5.82 Å². The molecule has 5 nitrogen and oxygen atoms in total. The SMILES string of the molecule is CCOC(=O)c1ccc2c(c1)C(C)(C)CC(c1ccccc1NC(=O)c1cccc(F)c1)N2. The molecule has 1 aliphatic rings. The second-order valence-corrected chi connectivity index (χ2v) is 8.82. The fraction of sp³-hybridized carbons (Fsp3) is 0.259. The van der Waals surface area contributed by atoms with Gasteiger partial charge in [0, 0.05) is 16.9 Å². The van der Waals surface area contributed by atoms with Crippen molar-refractivity contribution in [2.24, 2.45) is 0 Å². The number of anilines is 2. The quantitative estimate of drug-likeness (QED) is 0.466. The third-order valence-corrected chi connectivity index (χ3v) is 5.98. The van der Waals surface area contributed by atoms with Crippen LogP contribution in [0.4, 0.5) is 15.8 Å². The van der Waals surface area contributed by atoms with Crippen molar-refractivity contribution in [3.8, 4) is 0 Å². The first kappa shape index (κ1) is 22.5. The molecule has 170 valence electrons. The molecule has 6 heteroatoms. The van der Waals surface area contributed by atoms with Gasteiger partial charge < -0.3 is 15.4 Å². The van der Waals surface area contributed by atoms with Gasteiger partial charge in [0.1, 0.15) is 5.82 Å². The van der Waals surface area contributed by atoms with Crippen molar-refractivity contribution in [1.82, 2.24) is 0 Å². The van der Waals surface area contributed by atoms with Gasteiger partial charge in [0.2, 0.25) is 0 Å². The maximum absolute atomic E-state index is 13.6. The number of fused-ring (bicyclic) bond motifs is 1. The molecule has 1 heterocycles. The van der Waals surface area contributed by atoms with Crippen molar-refractivity contribution in [1.29, 1.82) is 0 Å². The van der Waals surface area contributed by atoms with Crippen LogP contribution in [0.5, 0.6) is 0 Å². The van der Waals surface area contributed by atoms with Crippen LogP contribution in [-0.4, -0.2) is 18.5 Å². The van der Waals surface area contributed by atoms with E-state index in [-0.39, 0.29) is 28.9 Å². The first-order chi connectivity index (χ1) is 15.8. The Morgan fingerprint density at radius 3 is 2.61 bits per heavy atom. The molecule has 2 N–H and O–H groups in total. The molecule has 0 aromatic heterocycles. The average molecular weight is 447 g/mol. The molecule has 3 aromatic carbocycles. The van der Waals surface area contributed by atoms with Gasteiger partial charge in [-0.25, -0.2) is 9.18 Å². The predicted octanol–water partition coefficient (Wildman–Crippen LogP) is 6.09. The number of rotatable bonds is 5. The lowest BCUT2D eigenvalue weighted by Gasteiger charge is -2.39. The Balaban J connectivity index is 1.62. The number of amides is 1. The van der Waals surface area contributed by atoms with Gasteiger partial charge in [-0.2, -0.15) is 0 Å². The fourth-order valence-electron chi connectivity index (χ4n) is 4.36. The van der Waals surface area contributed by atoms with Crippen molar-refractivity contribution in [2.75, 3.05) is 17.2 Å². The van der Waals surface area contributed by atoms with Gasteiger partial charge in [0.25, 0.3) is 5.91 Å². The Hall–Kier alpha value is -3.67. The number of nitrogens with one attached hydrogen (secondary N) is 2. The Kier molecular flexibility index (Phi) is 6.18. The van der Waals surface area contributed by atoms with Crippen molar-refractivity contribution in [3.05, 3.63) is 94.8 Å². The number of hydrogen-bond acceptors (Lipinski definition) is 4. The molecule has 0 bridgehead atoms. The lowest BCUT2D eigenvalue weighted by Crippen LogP contribution is -2.32. The van der Waals surface area contributed by atoms with E-state index in [1.54, 1.807) is 19.1 Å². The maximum atomic E-state index is 13.6. The van der Waals surface area contributed by atoms with Crippen LogP contribution in [0.15, 0.2) is 66.7 Å². The minimum atomic E-state index is -0.453. The molecule has 4 rings (SSSR count). The van der Waals surface area contributed by atoms with Crippen LogP contribution in [0.1, 0.15) is 65.1 Å². The van der Waals surface area contributed by atoms with E-state index in [0.717, 1.165) is 23.2 Å². The molecule has 0 saturated carbocycles. The molecule has 0 aliphatic carbocycles. The third-order valence-electron chi connectivity index (χ3n) is 5.98. The van der Waals surface area contributed by atoms with Gasteiger partial charge in [-0.15, -0.1) is 0 Å². The molecule has 1 amide bonds. The zero-order valence-electron chi connectivity index (χ0n) is 18.9. The van der Waals surface area contributed by atoms with Crippen molar-refractivity contribution in [2.45, 2.75) is 38.6 Å². The van der Waals surface area contributed by atoms with Crippen molar-refractivity contribution < 1.29 is 18.7 Å². The predicted molar refractivity (Wildman–Crippen MR) is 127 cm³/mol. The summed E-state index contributed by atoms with van der Waals surface area (Å²) in [6, 6.07) is 18.7. The second-order valence-electron chi connectivity index (χ2n) is 8.82. The number of ether oxygens (including phenoxy) is 1. The van der Waals surface area contributed by atoms with Gasteiger partial charge in [0.15, 0.2) is 0 Å². The van der Waals surface area contributed by atoms with E-state index in [9.17, 15) is 14.0 Å². The highest BCUT2D eigenvalue weighted by Crippen LogP contribution is 2.45. The number of carbonyl (C=O) groups excluding carboxylic acids is 2. The topological polar surface area (TPSA) is 67.4 Å². The Morgan fingerprint density at radius 2 is 1.85 bits per heavy atom. The summed E-state index contributed by atoms with van der Waals surface area (Å²) in [4.78, 5) is 24.9. The molecule has 0 spiro atoms. The van der Waals surface area contributed by atoms with E-state index in [1.807, 2.05) is 36.4 Å². The Bertz CT molecular complexity index is 1210. The lowest BCUT2D eigenvalue weighted by molar-refractivity contribution is 0.0526. The molecule has 1 unspecified atom stereocenters. The molecule has 1 atom stereocenters. The average Bonchev–Trinajstić information content (AvgIpc) is 2.79. The minimum absolute atomic E-state index is 0.0649. The summed E-state index contributed by atoms with van der Waals surface area (Å²) in [6.45, 7) is 6.40. The number of benzene rings is 3. The lowest BCUT2D eigenvalue weighted by atomic mass is 9.73. The van der Waals surface area contributed by atoms with Gasteiger partial charge in [-0.05, 0) is 72.4 Å². The normalized spacial score (nSPS) is 16.3. The molecule has 0 saturated heterocycles. The summed E-state index contributed by atoms with van der Waals surface area (Å²) in [5.74, 6) is -1.15. The largest absolute Gasteiger partial charge is 0.462 e. The van der Waals surface area contributed by atoms with E-state index in [0.29, 0.717) is 17.9 Å².